The second kappa shape index (κ2) is 8.83. The van der Waals surface area contributed by atoms with Crippen LogP contribution in [0.1, 0.15) is 44.1 Å². The summed E-state index contributed by atoms with van der Waals surface area (Å²) < 4.78 is 16.0. The van der Waals surface area contributed by atoms with Gasteiger partial charge in [0.2, 0.25) is 5.95 Å². The summed E-state index contributed by atoms with van der Waals surface area (Å²) in [4.78, 5) is 17.5. The molecule has 2 N–H and O–H groups in total. The lowest BCUT2D eigenvalue weighted by molar-refractivity contribution is 0.0611. The fourth-order valence-electron chi connectivity index (χ4n) is 4.61. The molecule has 5 rings (SSSR count). The summed E-state index contributed by atoms with van der Waals surface area (Å²) in [5, 5.41) is 25.4. The van der Waals surface area contributed by atoms with Crippen molar-refractivity contribution in [3.63, 3.8) is 0 Å². The number of rotatable bonds is 5. The van der Waals surface area contributed by atoms with Crippen molar-refractivity contribution in [3.05, 3.63) is 35.9 Å². The molecule has 2 fully saturated rings. The van der Waals surface area contributed by atoms with Crippen LogP contribution in [0, 0.1) is 0 Å². The van der Waals surface area contributed by atoms with Crippen molar-refractivity contribution in [2.75, 3.05) is 36.0 Å². The summed E-state index contributed by atoms with van der Waals surface area (Å²) in [6.45, 7) is 6.18. The average Bonchev–Trinajstić information content (AvgIpc) is 3.39. The Morgan fingerprint density at radius 1 is 1.09 bits per heavy atom. The number of aliphatic hydroxyl groups is 2. The minimum atomic E-state index is -1.29. The van der Waals surface area contributed by atoms with Gasteiger partial charge in [-0.25, -0.2) is 14.4 Å². The molecule has 5 heterocycles. The molecule has 3 aromatic rings. The van der Waals surface area contributed by atoms with E-state index in [0.29, 0.717) is 31.9 Å². The maximum absolute atomic E-state index is 14.0. The number of pyridine rings is 1. The van der Waals surface area contributed by atoms with Crippen LogP contribution in [-0.2, 0) is 6.42 Å². The number of piperidine rings is 1. The Balaban J connectivity index is 1.41. The molecule has 0 radical (unpaired) electrons. The van der Waals surface area contributed by atoms with E-state index in [-0.39, 0.29) is 18.7 Å². The molecular weight excluding hydrogens is 425 g/mol. The summed E-state index contributed by atoms with van der Waals surface area (Å²) in [6.07, 6.45) is 2.64. The molecule has 0 amide bonds. The molecule has 0 aromatic carbocycles. The number of aliphatic hydroxyl groups excluding tert-OH is 2. The molecule has 0 bridgehead atoms. The molecule has 0 aliphatic carbocycles. The molecular formula is C23H30FN7O2. The number of aromatic nitrogens is 5. The van der Waals surface area contributed by atoms with Crippen LogP contribution in [0.3, 0.4) is 0 Å². The fourth-order valence-corrected chi connectivity index (χ4v) is 4.61. The number of hydrogen-bond donors (Lipinski definition) is 2. The zero-order valence-corrected chi connectivity index (χ0v) is 19.0. The normalized spacial score (nSPS) is 23.8. The van der Waals surface area contributed by atoms with E-state index in [9.17, 15) is 14.6 Å². The van der Waals surface area contributed by atoms with Crippen LogP contribution in [0.4, 0.5) is 16.2 Å². The maximum Gasteiger partial charge on any atom is 0.225 e. The average molecular weight is 456 g/mol. The second-order valence-electron chi connectivity index (χ2n) is 9.29. The Morgan fingerprint density at radius 2 is 1.91 bits per heavy atom. The summed E-state index contributed by atoms with van der Waals surface area (Å²) >= 11 is 0. The van der Waals surface area contributed by atoms with Gasteiger partial charge in [-0.15, -0.1) is 0 Å². The first-order valence-corrected chi connectivity index (χ1v) is 11.6. The number of halogens is 1. The third-order valence-corrected chi connectivity index (χ3v) is 6.43. The maximum atomic E-state index is 14.0. The number of β-amino-alcohol motifs (C(OH)–C–C–N with tert-alkyl or cyclic N) is 1. The highest BCUT2D eigenvalue weighted by atomic mass is 19.1. The first-order chi connectivity index (χ1) is 15.9. The predicted molar refractivity (Wildman–Crippen MR) is 123 cm³/mol. The van der Waals surface area contributed by atoms with Crippen molar-refractivity contribution in [1.82, 2.24) is 24.7 Å². The topological polar surface area (TPSA) is 103 Å². The van der Waals surface area contributed by atoms with E-state index < -0.39 is 12.3 Å². The van der Waals surface area contributed by atoms with Gasteiger partial charge >= 0.3 is 0 Å². The third kappa shape index (κ3) is 4.37. The van der Waals surface area contributed by atoms with Gasteiger partial charge in [-0.05, 0) is 38.8 Å². The van der Waals surface area contributed by atoms with E-state index >= 15 is 0 Å². The minimum absolute atomic E-state index is 0.0936. The lowest BCUT2D eigenvalue weighted by Gasteiger charge is -2.32. The van der Waals surface area contributed by atoms with E-state index in [0.717, 1.165) is 41.1 Å². The lowest BCUT2D eigenvalue weighted by atomic mass is 10.1. The number of nitrogens with zero attached hydrogens (tertiary/aromatic N) is 7. The summed E-state index contributed by atoms with van der Waals surface area (Å²) in [5.74, 6) is 1.34. The van der Waals surface area contributed by atoms with Gasteiger partial charge in [0.25, 0.3) is 0 Å². The van der Waals surface area contributed by atoms with Gasteiger partial charge in [-0.1, -0.05) is 0 Å². The number of hydrogen-bond acceptors (Lipinski definition) is 8. The Bertz CT molecular complexity index is 1140. The second-order valence-corrected chi connectivity index (χ2v) is 9.29. The predicted octanol–water partition coefficient (Wildman–Crippen LogP) is 1.87. The number of alkyl halides is 1. The molecule has 0 saturated carbocycles. The Morgan fingerprint density at radius 3 is 2.64 bits per heavy atom. The van der Waals surface area contributed by atoms with E-state index in [2.05, 4.69) is 39.8 Å². The Kier molecular flexibility index (Phi) is 5.88. The van der Waals surface area contributed by atoms with E-state index in [1.165, 1.54) is 0 Å². The van der Waals surface area contributed by atoms with Crippen molar-refractivity contribution in [2.45, 2.75) is 57.5 Å². The molecule has 9 nitrogen and oxygen atoms in total. The third-order valence-electron chi connectivity index (χ3n) is 6.43. The van der Waals surface area contributed by atoms with Crippen molar-refractivity contribution in [3.8, 4) is 0 Å². The van der Waals surface area contributed by atoms with Gasteiger partial charge in [-0.2, -0.15) is 5.10 Å². The first-order valence-electron chi connectivity index (χ1n) is 11.6. The molecule has 10 heteroatoms. The zero-order chi connectivity index (χ0) is 23.1. The smallest absolute Gasteiger partial charge is 0.225 e. The quantitative estimate of drug-likeness (QED) is 0.601. The molecule has 0 spiro atoms. The highest BCUT2D eigenvalue weighted by Crippen LogP contribution is 2.31. The number of anilines is 2. The first kappa shape index (κ1) is 22.0. The lowest BCUT2D eigenvalue weighted by Crippen LogP contribution is -2.45. The highest BCUT2D eigenvalue weighted by Gasteiger charge is 2.29. The largest absolute Gasteiger partial charge is 0.391 e. The van der Waals surface area contributed by atoms with E-state index in [1.54, 1.807) is 11.1 Å². The van der Waals surface area contributed by atoms with Gasteiger partial charge in [0.15, 0.2) is 5.82 Å². The standard InChI is InChI=1S/C23H30FN7O2/c1-14(2)31-20-10-16(26-11-18(20)22(28-31)29-7-4-17(32)12-29)9-15-3-6-25-23(27-15)30-8-5-21(33)19(24)13-30/h3,6,10-11,14,17,19,21,32-33H,4-5,7-9,12-13H2,1-2H3/t17-,19-,21+/m0/s1. The van der Waals surface area contributed by atoms with Crippen LogP contribution in [0.25, 0.3) is 10.9 Å². The fraction of sp³-hybridized carbons (Fsp3) is 0.565. The molecule has 2 aliphatic heterocycles. The van der Waals surface area contributed by atoms with Crippen LogP contribution < -0.4 is 9.80 Å². The molecule has 33 heavy (non-hydrogen) atoms. The summed E-state index contributed by atoms with van der Waals surface area (Å²) in [5.41, 5.74) is 2.66. The van der Waals surface area contributed by atoms with Gasteiger partial charge < -0.3 is 20.0 Å². The Labute approximate surface area is 191 Å². The van der Waals surface area contributed by atoms with Crippen LogP contribution in [-0.4, -0.2) is 79.5 Å². The molecule has 176 valence electrons. The van der Waals surface area contributed by atoms with Gasteiger partial charge in [0, 0.05) is 50.2 Å². The molecule has 3 aromatic heterocycles. The number of fused-ring (bicyclic) bond motifs is 1. The van der Waals surface area contributed by atoms with Gasteiger partial charge in [0.1, 0.15) is 6.17 Å². The monoisotopic (exact) mass is 455 g/mol. The SMILES string of the molecule is CC(C)n1nc(N2CC[C@H](O)C2)c2cnc(Cc3ccnc(N4CC[C@@H](O)[C@@H](F)C4)n3)cc21. The highest BCUT2D eigenvalue weighted by molar-refractivity contribution is 5.90. The van der Waals surface area contributed by atoms with Crippen LogP contribution in [0.5, 0.6) is 0 Å². The van der Waals surface area contributed by atoms with Crippen LogP contribution in [0.15, 0.2) is 24.5 Å². The van der Waals surface area contributed by atoms with Crippen molar-refractivity contribution in [1.29, 1.82) is 0 Å². The molecule has 3 atom stereocenters. The summed E-state index contributed by atoms with van der Waals surface area (Å²) in [6, 6.07) is 4.07. The molecule has 2 saturated heterocycles. The Hall–Kier alpha value is -2.85. The van der Waals surface area contributed by atoms with Gasteiger partial charge in [0.05, 0.1) is 35.3 Å². The van der Waals surface area contributed by atoms with E-state index in [1.807, 2.05) is 16.9 Å². The van der Waals surface area contributed by atoms with Crippen LogP contribution >= 0.6 is 0 Å². The van der Waals surface area contributed by atoms with Crippen molar-refractivity contribution < 1.29 is 14.6 Å². The van der Waals surface area contributed by atoms with E-state index in [4.69, 9.17) is 5.10 Å². The zero-order valence-electron chi connectivity index (χ0n) is 19.0. The van der Waals surface area contributed by atoms with Crippen molar-refractivity contribution in [2.24, 2.45) is 0 Å². The van der Waals surface area contributed by atoms with Gasteiger partial charge in [-0.3, -0.25) is 9.67 Å². The van der Waals surface area contributed by atoms with Crippen molar-refractivity contribution >= 4 is 22.7 Å². The molecule has 0 unspecified atom stereocenters. The molecule has 2 aliphatic rings. The van der Waals surface area contributed by atoms with Crippen LogP contribution in [0.2, 0.25) is 0 Å². The minimum Gasteiger partial charge on any atom is -0.391 e. The summed E-state index contributed by atoms with van der Waals surface area (Å²) in [7, 11) is 0.